The van der Waals surface area contributed by atoms with Crippen LogP contribution < -0.4 is 10.5 Å². The zero-order chi connectivity index (χ0) is 13.9. The van der Waals surface area contributed by atoms with E-state index in [0.717, 1.165) is 50.9 Å². The Labute approximate surface area is 119 Å². The maximum absolute atomic E-state index is 11.9. The second kappa shape index (κ2) is 5.83. The van der Waals surface area contributed by atoms with Crippen molar-refractivity contribution in [1.29, 1.82) is 0 Å². The van der Waals surface area contributed by atoms with E-state index in [9.17, 15) is 4.79 Å². The molecule has 2 N–H and O–H groups in total. The molecule has 1 fully saturated rings. The standard InChI is InChI=1S/C16H22N2O2/c17-15-5-3-4-12-10-13(6-7-14(12)15)20-11-16(19)18-8-1-2-9-18/h6-7,10,15H,1-5,8-9,11,17H2. The summed E-state index contributed by atoms with van der Waals surface area (Å²) < 4.78 is 5.65. The molecule has 0 aromatic heterocycles. The van der Waals surface area contributed by atoms with Gasteiger partial charge >= 0.3 is 0 Å². The van der Waals surface area contributed by atoms with E-state index in [4.69, 9.17) is 10.5 Å². The van der Waals surface area contributed by atoms with Crippen LogP contribution in [0.25, 0.3) is 0 Å². The predicted octanol–water partition coefficient (Wildman–Crippen LogP) is 2.02. The number of aryl methyl sites for hydroxylation is 1. The van der Waals surface area contributed by atoms with E-state index in [0.29, 0.717) is 0 Å². The Balaban J connectivity index is 1.62. The molecule has 4 heteroatoms. The van der Waals surface area contributed by atoms with E-state index >= 15 is 0 Å². The molecule has 1 aromatic rings. The van der Waals surface area contributed by atoms with Crippen LogP contribution in [0.4, 0.5) is 0 Å². The maximum Gasteiger partial charge on any atom is 0.260 e. The van der Waals surface area contributed by atoms with E-state index in [-0.39, 0.29) is 18.6 Å². The van der Waals surface area contributed by atoms with Crippen LogP contribution in [-0.2, 0) is 11.2 Å². The Kier molecular flexibility index (Phi) is 3.92. The number of carbonyl (C=O) groups is 1. The van der Waals surface area contributed by atoms with Crippen molar-refractivity contribution in [3.63, 3.8) is 0 Å². The number of amides is 1. The fourth-order valence-electron chi connectivity index (χ4n) is 3.12. The van der Waals surface area contributed by atoms with Crippen LogP contribution >= 0.6 is 0 Å². The number of hydrogen-bond donors (Lipinski definition) is 1. The third-order valence-corrected chi connectivity index (χ3v) is 4.30. The largest absolute Gasteiger partial charge is 0.484 e. The van der Waals surface area contributed by atoms with Gasteiger partial charge in [0.15, 0.2) is 6.61 Å². The van der Waals surface area contributed by atoms with Crippen molar-refractivity contribution in [2.75, 3.05) is 19.7 Å². The van der Waals surface area contributed by atoms with Gasteiger partial charge in [0, 0.05) is 19.1 Å². The van der Waals surface area contributed by atoms with Crippen LogP contribution in [0.2, 0.25) is 0 Å². The van der Waals surface area contributed by atoms with Crippen LogP contribution in [-0.4, -0.2) is 30.5 Å². The molecule has 1 saturated heterocycles. The van der Waals surface area contributed by atoms with Gasteiger partial charge in [-0.3, -0.25) is 4.79 Å². The van der Waals surface area contributed by atoms with Gasteiger partial charge in [-0.15, -0.1) is 0 Å². The number of fused-ring (bicyclic) bond motifs is 1. The fraction of sp³-hybridized carbons (Fsp3) is 0.562. The summed E-state index contributed by atoms with van der Waals surface area (Å²) in [6.07, 6.45) is 5.47. The van der Waals surface area contributed by atoms with Gasteiger partial charge in [0.05, 0.1) is 0 Å². The minimum atomic E-state index is 0.0944. The molecule has 2 aliphatic rings. The summed E-state index contributed by atoms with van der Waals surface area (Å²) >= 11 is 0. The molecule has 108 valence electrons. The van der Waals surface area contributed by atoms with E-state index < -0.39 is 0 Å². The quantitative estimate of drug-likeness (QED) is 0.917. The highest BCUT2D eigenvalue weighted by Crippen LogP contribution is 2.30. The fourth-order valence-corrected chi connectivity index (χ4v) is 3.12. The van der Waals surface area contributed by atoms with Crippen LogP contribution in [0.5, 0.6) is 5.75 Å². The van der Waals surface area contributed by atoms with Crippen molar-refractivity contribution in [2.24, 2.45) is 5.73 Å². The average molecular weight is 274 g/mol. The number of benzene rings is 1. The molecule has 1 atom stereocenters. The highest BCUT2D eigenvalue weighted by atomic mass is 16.5. The van der Waals surface area contributed by atoms with Gasteiger partial charge in [0.1, 0.15) is 5.75 Å². The van der Waals surface area contributed by atoms with Gasteiger partial charge in [-0.1, -0.05) is 6.07 Å². The normalized spacial score (nSPS) is 21.6. The van der Waals surface area contributed by atoms with E-state index in [2.05, 4.69) is 6.07 Å². The number of ether oxygens (including phenoxy) is 1. The molecule has 0 radical (unpaired) electrons. The number of carbonyl (C=O) groups excluding carboxylic acids is 1. The Hall–Kier alpha value is -1.55. The second-order valence-electron chi connectivity index (χ2n) is 5.74. The van der Waals surface area contributed by atoms with Crippen molar-refractivity contribution < 1.29 is 9.53 Å². The van der Waals surface area contributed by atoms with Gasteiger partial charge in [0.2, 0.25) is 0 Å². The average Bonchev–Trinajstić information content (AvgIpc) is 2.99. The molecule has 1 amide bonds. The van der Waals surface area contributed by atoms with Crippen molar-refractivity contribution in [1.82, 2.24) is 4.90 Å². The van der Waals surface area contributed by atoms with Crippen LogP contribution in [0.15, 0.2) is 18.2 Å². The molecule has 1 unspecified atom stereocenters. The molecule has 1 aliphatic carbocycles. The lowest BCUT2D eigenvalue weighted by Crippen LogP contribution is -2.32. The first-order chi connectivity index (χ1) is 9.74. The molecule has 0 spiro atoms. The summed E-state index contributed by atoms with van der Waals surface area (Å²) in [6.45, 7) is 1.90. The van der Waals surface area contributed by atoms with Crippen molar-refractivity contribution >= 4 is 5.91 Å². The molecule has 0 saturated carbocycles. The molecule has 1 aromatic carbocycles. The lowest BCUT2D eigenvalue weighted by Gasteiger charge is -2.23. The molecule has 0 bridgehead atoms. The first kappa shape index (κ1) is 13.4. The van der Waals surface area contributed by atoms with E-state index in [1.54, 1.807) is 0 Å². The molecule has 20 heavy (non-hydrogen) atoms. The Morgan fingerprint density at radius 3 is 2.90 bits per heavy atom. The maximum atomic E-state index is 11.9. The number of hydrogen-bond acceptors (Lipinski definition) is 3. The highest BCUT2D eigenvalue weighted by molar-refractivity contribution is 5.78. The Bertz CT molecular complexity index is 495. The number of nitrogens with two attached hydrogens (primary N) is 1. The minimum Gasteiger partial charge on any atom is -0.484 e. The van der Waals surface area contributed by atoms with Crippen molar-refractivity contribution in [3.8, 4) is 5.75 Å². The highest BCUT2D eigenvalue weighted by Gasteiger charge is 2.19. The second-order valence-corrected chi connectivity index (χ2v) is 5.74. The van der Waals surface area contributed by atoms with Gasteiger partial charge in [-0.25, -0.2) is 0 Å². The van der Waals surface area contributed by atoms with Crippen molar-refractivity contribution in [2.45, 2.75) is 38.1 Å². The van der Waals surface area contributed by atoms with Gasteiger partial charge in [-0.05, 0) is 55.4 Å². The SMILES string of the molecule is NC1CCCc2cc(OCC(=O)N3CCCC3)ccc21. The van der Waals surface area contributed by atoms with Gasteiger partial charge in [0.25, 0.3) is 5.91 Å². The zero-order valence-electron chi connectivity index (χ0n) is 11.8. The number of likely N-dealkylation sites (tertiary alicyclic amines) is 1. The Morgan fingerprint density at radius 1 is 1.30 bits per heavy atom. The summed E-state index contributed by atoms with van der Waals surface area (Å²) in [5.74, 6) is 0.877. The van der Waals surface area contributed by atoms with E-state index in [1.165, 1.54) is 11.1 Å². The van der Waals surface area contributed by atoms with Crippen molar-refractivity contribution in [3.05, 3.63) is 29.3 Å². The van der Waals surface area contributed by atoms with Crippen LogP contribution in [0.1, 0.15) is 42.9 Å². The summed E-state index contributed by atoms with van der Waals surface area (Å²) in [4.78, 5) is 13.8. The minimum absolute atomic E-state index is 0.0944. The van der Waals surface area contributed by atoms with Gasteiger partial charge in [-0.2, -0.15) is 0 Å². The summed E-state index contributed by atoms with van der Waals surface area (Å²) in [7, 11) is 0. The zero-order valence-corrected chi connectivity index (χ0v) is 11.8. The Morgan fingerprint density at radius 2 is 2.10 bits per heavy atom. The number of nitrogens with zero attached hydrogens (tertiary/aromatic N) is 1. The molecular formula is C16H22N2O2. The van der Waals surface area contributed by atoms with Crippen LogP contribution in [0, 0.1) is 0 Å². The third-order valence-electron chi connectivity index (χ3n) is 4.30. The molecule has 4 nitrogen and oxygen atoms in total. The molecule has 1 heterocycles. The first-order valence-electron chi connectivity index (χ1n) is 7.53. The lowest BCUT2D eigenvalue weighted by molar-refractivity contribution is -0.132. The molecular weight excluding hydrogens is 252 g/mol. The van der Waals surface area contributed by atoms with Crippen LogP contribution in [0.3, 0.4) is 0 Å². The van der Waals surface area contributed by atoms with E-state index in [1.807, 2.05) is 17.0 Å². The molecule has 3 rings (SSSR count). The third kappa shape index (κ3) is 2.80. The predicted molar refractivity (Wildman–Crippen MR) is 77.6 cm³/mol. The monoisotopic (exact) mass is 274 g/mol. The summed E-state index contributed by atoms with van der Waals surface area (Å²) in [5, 5.41) is 0. The lowest BCUT2D eigenvalue weighted by atomic mass is 9.88. The first-order valence-corrected chi connectivity index (χ1v) is 7.53. The summed E-state index contributed by atoms with van der Waals surface area (Å²) in [5.41, 5.74) is 8.60. The topological polar surface area (TPSA) is 55.6 Å². The smallest absolute Gasteiger partial charge is 0.260 e. The van der Waals surface area contributed by atoms with Gasteiger partial charge < -0.3 is 15.4 Å². The summed E-state index contributed by atoms with van der Waals surface area (Å²) in [6, 6.07) is 6.18. The number of rotatable bonds is 3. The molecule has 1 aliphatic heterocycles.